The summed E-state index contributed by atoms with van der Waals surface area (Å²) in [5, 5.41) is 1.13. The van der Waals surface area contributed by atoms with Crippen LogP contribution in [0.15, 0.2) is 36.5 Å². The SMILES string of the molecule is C=C/C(=C\C=C/C)CC1(CBr)CC1. The van der Waals surface area contributed by atoms with Crippen LogP contribution < -0.4 is 0 Å². The predicted molar refractivity (Wildman–Crippen MR) is 63.2 cm³/mol. The van der Waals surface area contributed by atoms with Crippen molar-refractivity contribution >= 4 is 15.9 Å². The second kappa shape index (κ2) is 4.80. The molecule has 0 saturated heterocycles. The highest BCUT2D eigenvalue weighted by Gasteiger charge is 2.41. The number of hydrogen-bond acceptors (Lipinski definition) is 0. The van der Waals surface area contributed by atoms with E-state index in [1.54, 1.807) is 0 Å². The maximum absolute atomic E-state index is 3.84. The van der Waals surface area contributed by atoms with Crippen LogP contribution in [0.1, 0.15) is 26.2 Å². The highest BCUT2D eigenvalue weighted by Crippen LogP contribution is 2.51. The minimum Gasteiger partial charge on any atom is -0.0988 e. The van der Waals surface area contributed by atoms with Crippen molar-refractivity contribution in [3.63, 3.8) is 0 Å². The number of hydrogen-bond donors (Lipinski definition) is 0. The molecule has 72 valence electrons. The maximum Gasteiger partial charge on any atom is 0.00911 e. The van der Waals surface area contributed by atoms with Gasteiger partial charge < -0.3 is 0 Å². The first-order valence-corrected chi connectivity index (χ1v) is 5.89. The Morgan fingerprint density at radius 3 is 2.62 bits per heavy atom. The van der Waals surface area contributed by atoms with Gasteiger partial charge in [0.25, 0.3) is 0 Å². The van der Waals surface area contributed by atoms with Crippen molar-refractivity contribution in [3.8, 4) is 0 Å². The third kappa shape index (κ3) is 3.15. The van der Waals surface area contributed by atoms with Gasteiger partial charge in [0.1, 0.15) is 0 Å². The van der Waals surface area contributed by atoms with E-state index in [2.05, 4.69) is 40.7 Å². The van der Waals surface area contributed by atoms with E-state index < -0.39 is 0 Å². The molecule has 1 aliphatic carbocycles. The summed E-state index contributed by atoms with van der Waals surface area (Å²) in [5.74, 6) is 0. The van der Waals surface area contributed by atoms with Crippen LogP contribution >= 0.6 is 15.9 Å². The summed E-state index contributed by atoms with van der Waals surface area (Å²) in [6.07, 6.45) is 12.2. The zero-order chi connectivity index (χ0) is 9.73. The average molecular weight is 241 g/mol. The number of alkyl halides is 1. The highest BCUT2D eigenvalue weighted by molar-refractivity contribution is 9.09. The molecule has 1 fully saturated rings. The van der Waals surface area contributed by atoms with Crippen molar-refractivity contribution < 1.29 is 0 Å². The van der Waals surface area contributed by atoms with E-state index in [9.17, 15) is 0 Å². The van der Waals surface area contributed by atoms with Gasteiger partial charge in [0, 0.05) is 5.33 Å². The Balaban J connectivity index is 2.54. The van der Waals surface area contributed by atoms with Crippen molar-refractivity contribution in [3.05, 3.63) is 36.5 Å². The smallest absolute Gasteiger partial charge is 0.00911 e. The van der Waals surface area contributed by atoms with Crippen molar-refractivity contribution in [2.45, 2.75) is 26.2 Å². The summed E-state index contributed by atoms with van der Waals surface area (Å²) in [6.45, 7) is 5.88. The molecule has 0 heterocycles. The van der Waals surface area contributed by atoms with Crippen LogP contribution in [-0.2, 0) is 0 Å². The van der Waals surface area contributed by atoms with E-state index in [4.69, 9.17) is 0 Å². The molecule has 1 heteroatoms. The first kappa shape index (κ1) is 10.8. The van der Waals surface area contributed by atoms with E-state index in [-0.39, 0.29) is 0 Å². The van der Waals surface area contributed by atoms with Crippen LogP contribution in [0, 0.1) is 5.41 Å². The average Bonchev–Trinajstić information content (AvgIpc) is 2.93. The zero-order valence-electron chi connectivity index (χ0n) is 8.22. The van der Waals surface area contributed by atoms with Crippen molar-refractivity contribution in [2.24, 2.45) is 5.41 Å². The summed E-state index contributed by atoms with van der Waals surface area (Å²) in [5.41, 5.74) is 1.91. The molecular formula is C12H17Br. The Kier molecular flexibility index (Phi) is 3.98. The van der Waals surface area contributed by atoms with Gasteiger partial charge in [-0.2, -0.15) is 0 Å². The van der Waals surface area contributed by atoms with Crippen LogP contribution in [0.2, 0.25) is 0 Å². The second-order valence-electron chi connectivity index (χ2n) is 3.78. The van der Waals surface area contributed by atoms with Crippen LogP contribution in [0.25, 0.3) is 0 Å². The molecule has 0 atom stereocenters. The number of allylic oxidation sites excluding steroid dienone is 5. The lowest BCUT2D eigenvalue weighted by atomic mass is 9.98. The molecule has 0 spiro atoms. The van der Waals surface area contributed by atoms with Crippen molar-refractivity contribution in [1.82, 2.24) is 0 Å². The van der Waals surface area contributed by atoms with Gasteiger partial charge in [0.2, 0.25) is 0 Å². The molecule has 0 aromatic rings. The summed E-state index contributed by atoms with van der Waals surface area (Å²) in [6, 6.07) is 0. The standard InChI is InChI=1S/C12H17Br/c1-3-5-6-11(4-2)9-12(10-13)7-8-12/h3-6H,2,7-10H2,1H3/b5-3-,11-6+. The lowest BCUT2D eigenvalue weighted by Crippen LogP contribution is -2.02. The fourth-order valence-electron chi connectivity index (χ4n) is 1.39. The number of halogens is 1. The molecule has 1 rings (SSSR count). The quantitative estimate of drug-likeness (QED) is 0.499. The fourth-order valence-corrected chi connectivity index (χ4v) is 2.15. The van der Waals surface area contributed by atoms with Gasteiger partial charge in [0.05, 0.1) is 0 Å². The molecule has 13 heavy (non-hydrogen) atoms. The normalized spacial score (nSPS) is 20.6. The van der Waals surface area contributed by atoms with Crippen LogP contribution in [0.5, 0.6) is 0 Å². The summed E-state index contributed by atoms with van der Waals surface area (Å²) < 4.78 is 0. The van der Waals surface area contributed by atoms with E-state index in [0.717, 1.165) is 5.33 Å². The summed E-state index contributed by atoms with van der Waals surface area (Å²) in [7, 11) is 0. The van der Waals surface area contributed by atoms with E-state index >= 15 is 0 Å². The van der Waals surface area contributed by atoms with Gasteiger partial charge in [-0.25, -0.2) is 0 Å². The molecule has 0 aliphatic heterocycles. The molecule has 0 radical (unpaired) electrons. The van der Waals surface area contributed by atoms with Crippen molar-refractivity contribution in [1.29, 1.82) is 0 Å². The Hall–Kier alpha value is -0.300. The first-order chi connectivity index (χ1) is 6.26. The van der Waals surface area contributed by atoms with Gasteiger partial charge in [-0.15, -0.1) is 0 Å². The van der Waals surface area contributed by atoms with Gasteiger partial charge in [0.15, 0.2) is 0 Å². The van der Waals surface area contributed by atoms with Gasteiger partial charge in [-0.3, -0.25) is 0 Å². The monoisotopic (exact) mass is 240 g/mol. The molecule has 0 N–H and O–H groups in total. The molecule has 0 nitrogen and oxygen atoms in total. The molecule has 1 saturated carbocycles. The Labute approximate surface area is 89.5 Å². The maximum atomic E-state index is 3.84. The van der Waals surface area contributed by atoms with Crippen molar-refractivity contribution in [2.75, 3.05) is 5.33 Å². The Morgan fingerprint density at radius 2 is 2.23 bits per heavy atom. The minimum absolute atomic E-state index is 0.557. The molecule has 0 aromatic carbocycles. The zero-order valence-corrected chi connectivity index (χ0v) is 9.81. The second-order valence-corrected chi connectivity index (χ2v) is 4.34. The van der Waals surface area contributed by atoms with Gasteiger partial charge in [-0.05, 0) is 37.2 Å². The predicted octanol–water partition coefficient (Wildman–Crippen LogP) is 4.24. The topological polar surface area (TPSA) is 0 Å². The third-order valence-corrected chi connectivity index (χ3v) is 3.77. The van der Waals surface area contributed by atoms with E-state index in [0.29, 0.717) is 5.41 Å². The summed E-state index contributed by atoms with van der Waals surface area (Å²) in [4.78, 5) is 0. The van der Waals surface area contributed by atoms with Gasteiger partial charge >= 0.3 is 0 Å². The molecule has 0 aromatic heterocycles. The molecule has 0 bridgehead atoms. The summed E-state index contributed by atoms with van der Waals surface area (Å²) >= 11 is 3.58. The molecular weight excluding hydrogens is 224 g/mol. The minimum atomic E-state index is 0.557. The van der Waals surface area contributed by atoms with E-state index in [1.165, 1.54) is 24.8 Å². The molecule has 0 unspecified atom stereocenters. The molecule has 0 amide bonds. The Bertz CT molecular complexity index is 232. The lowest BCUT2D eigenvalue weighted by Gasteiger charge is -2.10. The van der Waals surface area contributed by atoms with Crippen LogP contribution in [0.4, 0.5) is 0 Å². The lowest BCUT2D eigenvalue weighted by molar-refractivity contribution is 0.589. The fraction of sp³-hybridized carbons (Fsp3) is 0.500. The van der Waals surface area contributed by atoms with Crippen LogP contribution in [-0.4, -0.2) is 5.33 Å². The molecule has 1 aliphatic rings. The first-order valence-electron chi connectivity index (χ1n) is 4.76. The van der Waals surface area contributed by atoms with Crippen LogP contribution in [0.3, 0.4) is 0 Å². The third-order valence-electron chi connectivity index (χ3n) is 2.58. The Morgan fingerprint density at radius 1 is 1.54 bits per heavy atom. The highest BCUT2D eigenvalue weighted by atomic mass is 79.9. The largest absolute Gasteiger partial charge is 0.0988 e. The van der Waals surface area contributed by atoms with Gasteiger partial charge in [-0.1, -0.05) is 46.8 Å². The van der Waals surface area contributed by atoms with E-state index in [1.807, 2.05) is 13.0 Å². The number of rotatable bonds is 5.